The molecule has 2 fully saturated rings. The van der Waals surface area contributed by atoms with Crippen molar-refractivity contribution in [2.75, 3.05) is 17.6 Å². The molecule has 2 heterocycles. The summed E-state index contributed by atoms with van der Waals surface area (Å²) in [7, 11) is 0. The van der Waals surface area contributed by atoms with Crippen molar-refractivity contribution in [1.82, 2.24) is 14.9 Å². The molecule has 1 aliphatic heterocycles. The maximum Gasteiger partial charge on any atom is 0.233 e. The van der Waals surface area contributed by atoms with E-state index in [0.717, 1.165) is 35.2 Å². The van der Waals surface area contributed by atoms with Gasteiger partial charge in [0, 0.05) is 30.1 Å². The molecule has 2 aliphatic carbocycles. The molecule has 0 radical (unpaired) electrons. The zero-order chi connectivity index (χ0) is 23.5. The first-order valence-electron chi connectivity index (χ1n) is 11.5. The number of alkyl halides is 1. The Hall–Kier alpha value is -2.67. The first-order chi connectivity index (χ1) is 15.7. The molecule has 6 nitrogen and oxygen atoms in total. The molecule has 1 amide bonds. The van der Waals surface area contributed by atoms with Gasteiger partial charge in [-0.05, 0) is 61.5 Å². The molecular formula is C25H29ClFN5O. The van der Waals surface area contributed by atoms with E-state index in [1.165, 1.54) is 6.08 Å². The number of halogens is 2. The van der Waals surface area contributed by atoms with E-state index in [1.807, 2.05) is 26.0 Å². The number of hydrogen-bond donors (Lipinski definition) is 2. The van der Waals surface area contributed by atoms with E-state index in [-0.39, 0.29) is 23.2 Å². The van der Waals surface area contributed by atoms with Gasteiger partial charge in [0.1, 0.15) is 11.5 Å². The molecule has 4 atom stereocenters. The van der Waals surface area contributed by atoms with Gasteiger partial charge in [-0.3, -0.25) is 4.79 Å². The SMILES string of the molecule is C=CC1(F)[C@@H]2CCC[C@@]21C(=O)N1CCc2nc(Cl)nc(N[C@H](C)c3cc(C)cc(N)c3)c2C1. The molecule has 1 aromatic carbocycles. The average Bonchev–Trinajstić information content (AvgIpc) is 3.07. The number of allylic oxidation sites excluding steroid dienone is 1. The van der Waals surface area contributed by atoms with Gasteiger partial charge in [-0.25, -0.2) is 14.4 Å². The smallest absolute Gasteiger partial charge is 0.233 e. The zero-order valence-corrected chi connectivity index (χ0v) is 19.8. The predicted octanol–water partition coefficient (Wildman–Crippen LogP) is 4.77. The Kier molecular flexibility index (Phi) is 5.16. The van der Waals surface area contributed by atoms with Crippen molar-refractivity contribution < 1.29 is 9.18 Å². The number of nitrogens with one attached hydrogen (secondary N) is 1. The second-order valence-electron chi connectivity index (χ2n) is 9.67. The molecule has 0 bridgehead atoms. The lowest BCUT2D eigenvalue weighted by molar-refractivity contribution is -0.139. The lowest BCUT2D eigenvalue weighted by Crippen LogP contribution is -2.43. The van der Waals surface area contributed by atoms with E-state index in [2.05, 4.69) is 27.9 Å². The second kappa shape index (κ2) is 7.69. The van der Waals surface area contributed by atoms with Gasteiger partial charge in [0.05, 0.1) is 23.7 Å². The monoisotopic (exact) mass is 469 g/mol. The van der Waals surface area contributed by atoms with Gasteiger partial charge in [0.15, 0.2) is 0 Å². The van der Waals surface area contributed by atoms with Gasteiger partial charge in [0.2, 0.25) is 11.2 Å². The molecule has 1 unspecified atom stereocenters. The molecule has 2 saturated carbocycles. The van der Waals surface area contributed by atoms with Crippen molar-refractivity contribution in [3.63, 3.8) is 0 Å². The van der Waals surface area contributed by atoms with E-state index in [1.54, 1.807) is 4.90 Å². The van der Waals surface area contributed by atoms with E-state index < -0.39 is 11.1 Å². The number of aryl methyl sites for hydroxylation is 1. The third-order valence-electron chi connectivity index (χ3n) is 7.74. The van der Waals surface area contributed by atoms with Crippen molar-refractivity contribution in [3.05, 3.63) is 58.5 Å². The van der Waals surface area contributed by atoms with Crippen molar-refractivity contribution in [1.29, 1.82) is 0 Å². The third kappa shape index (κ3) is 3.31. The van der Waals surface area contributed by atoms with Gasteiger partial charge in [-0.2, -0.15) is 0 Å². The minimum atomic E-state index is -1.58. The average molecular weight is 470 g/mol. The lowest BCUT2D eigenvalue weighted by atomic mass is 9.94. The summed E-state index contributed by atoms with van der Waals surface area (Å²) in [5.41, 5.74) is 7.96. The number of carbonyl (C=O) groups is 1. The largest absolute Gasteiger partial charge is 0.399 e. The summed E-state index contributed by atoms with van der Waals surface area (Å²) in [6.07, 6.45) is 4.09. The van der Waals surface area contributed by atoms with Crippen LogP contribution in [0.1, 0.15) is 54.6 Å². The molecule has 33 heavy (non-hydrogen) atoms. The second-order valence-corrected chi connectivity index (χ2v) is 10.0. The van der Waals surface area contributed by atoms with Gasteiger partial charge in [-0.1, -0.05) is 25.1 Å². The Morgan fingerprint density at radius 1 is 1.42 bits per heavy atom. The fourth-order valence-corrected chi connectivity index (χ4v) is 6.28. The van der Waals surface area contributed by atoms with Crippen LogP contribution in [0.15, 0.2) is 30.9 Å². The molecule has 174 valence electrons. The quantitative estimate of drug-likeness (QED) is 0.374. The summed E-state index contributed by atoms with van der Waals surface area (Å²) in [4.78, 5) is 24.2. The molecule has 0 saturated heterocycles. The maximum absolute atomic E-state index is 15.4. The number of hydrogen-bond acceptors (Lipinski definition) is 5. The van der Waals surface area contributed by atoms with Crippen LogP contribution in [-0.4, -0.2) is 33.0 Å². The van der Waals surface area contributed by atoms with Crippen molar-refractivity contribution in [2.45, 2.75) is 57.8 Å². The van der Waals surface area contributed by atoms with Crippen LogP contribution in [0.4, 0.5) is 15.9 Å². The van der Waals surface area contributed by atoms with Crippen LogP contribution in [0, 0.1) is 18.3 Å². The Labute approximate surface area is 198 Å². The summed E-state index contributed by atoms with van der Waals surface area (Å²) >= 11 is 6.23. The first kappa shape index (κ1) is 22.1. The van der Waals surface area contributed by atoms with Crippen molar-refractivity contribution in [3.8, 4) is 0 Å². The van der Waals surface area contributed by atoms with E-state index >= 15 is 4.39 Å². The number of carbonyl (C=O) groups excluding carboxylic acids is 1. The molecule has 1 aromatic heterocycles. The highest BCUT2D eigenvalue weighted by Crippen LogP contribution is 2.74. The van der Waals surface area contributed by atoms with Crippen LogP contribution in [0.3, 0.4) is 0 Å². The number of aromatic nitrogens is 2. The van der Waals surface area contributed by atoms with Gasteiger partial charge in [-0.15, -0.1) is 0 Å². The van der Waals surface area contributed by atoms with Gasteiger partial charge in [0.25, 0.3) is 0 Å². The fourth-order valence-electron chi connectivity index (χ4n) is 6.09. The van der Waals surface area contributed by atoms with Crippen LogP contribution >= 0.6 is 11.6 Å². The molecule has 3 N–H and O–H groups in total. The van der Waals surface area contributed by atoms with Crippen LogP contribution in [0.25, 0.3) is 0 Å². The summed E-state index contributed by atoms with van der Waals surface area (Å²) in [5, 5.41) is 3.60. The molecule has 3 aliphatic rings. The summed E-state index contributed by atoms with van der Waals surface area (Å²) in [5.74, 6) is 0.238. The van der Waals surface area contributed by atoms with Crippen LogP contribution in [0.5, 0.6) is 0 Å². The van der Waals surface area contributed by atoms with E-state index in [0.29, 0.717) is 37.4 Å². The fraction of sp³-hybridized carbons (Fsp3) is 0.480. The van der Waals surface area contributed by atoms with Gasteiger partial charge >= 0.3 is 0 Å². The number of anilines is 2. The Balaban J connectivity index is 1.42. The number of fused-ring (bicyclic) bond motifs is 2. The molecule has 8 heteroatoms. The first-order valence-corrected chi connectivity index (χ1v) is 11.9. The summed E-state index contributed by atoms with van der Waals surface area (Å²) in [6.45, 7) is 8.53. The standard InChI is InChI=1S/C25H29ClFN5O/c1-4-25(27)20-6-5-8-24(20,25)22(33)32-9-7-19-18(13-32)21(31-23(26)30-19)29-15(3)16-10-14(2)11-17(28)12-16/h4,10-12,15,20H,1,5-9,13,28H2,2-3H3,(H,29,30,31)/t15-,20-,24+,25?/m1/s1. The van der Waals surface area contributed by atoms with Crippen molar-refractivity contribution >= 4 is 29.0 Å². The van der Waals surface area contributed by atoms with Crippen LogP contribution in [0.2, 0.25) is 5.28 Å². The molecular weight excluding hydrogens is 441 g/mol. The highest BCUT2D eigenvalue weighted by molar-refractivity contribution is 6.28. The summed E-state index contributed by atoms with van der Waals surface area (Å²) < 4.78 is 15.4. The van der Waals surface area contributed by atoms with E-state index in [9.17, 15) is 4.79 Å². The zero-order valence-electron chi connectivity index (χ0n) is 19.0. The Morgan fingerprint density at radius 2 is 2.21 bits per heavy atom. The number of rotatable bonds is 5. The number of benzene rings is 1. The Morgan fingerprint density at radius 3 is 2.91 bits per heavy atom. The number of nitrogen functional groups attached to an aromatic ring is 1. The van der Waals surface area contributed by atoms with Crippen LogP contribution < -0.4 is 11.1 Å². The normalized spacial score (nSPS) is 28.6. The summed E-state index contributed by atoms with van der Waals surface area (Å²) in [6, 6.07) is 5.83. The maximum atomic E-state index is 15.4. The van der Waals surface area contributed by atoms with Gasteiger partial charge < -0.3 is 16.0 Å². The number of amides is 1. The van der Waals surface area contributed by atoms with Crippen molar-refractivity contribution in [2.24, 2.45) is 11.3 Å². The molecule has 2 aromatic rings. The number of nitrogens with two attached hydrogens (primary N) is 1. The molecule has 5 rings (SSSR count). The van der Waals surface area contributed by atoms with Crippen LogP contribution in [-0.2, 0) is 17.8 Å². The number of nitrogens with zero attached hydrogens (tertiary/aromatic N) is 3. The Bertz CT molecular complexity index is 1140. The molecule has 0 spiro atoms. The highest BCUT2D eigenvalue weighted by atomic mass is 35.5. The highest BCUT2D eigenvalue weighted by Gasteiger charge is 2.82. The predicted molar refractivity (Wildman–Crippen MR) is 128 cm³/mol. The minimum Gasteiger partial charge on any atom is -0.399 e. The van der Waals surface area contributed by atoms with E-state index in [4.69, 9.17) is 17.3 Å². The third-order valence-corrected chi connectivity index (χ3v) is 7.91. The lowest BCUT2D eigenvalue weighted by Gasteiger charge is -2.33. The minimum absolute atomic E-state index is 0.0890. The topological polar surface area (TPSA) is 84.1 Å².